The zero-order valence-electron chi connectivity index (χ0n) is 17.3. The first-order chi connectivity index (χ1) is 15.1. The molecular formula is C23H24FN3O3S. The van der Waals surface area contributed by atoms with Crippen molar-refractivity contribution >= 4 is 17.2 Å². The minimum Gasteiger partial charge on any atom is -0.497 e. The van der Waals surface area contributed by atoms with E-state index in [-0.39, 0.29) is 18.3 Å². The molecule has 2 heterocycles. The Kier molecular flexibility index (Phi) is 6.79. The summed E-state index contributed by atoms with van der Waals surface area (Å²) in [6.07, 6.45) is 0. The monoisotopic (exact) mass is 441 g/mol. The van der Waals surface area contributed by atoms with Crippen molar-refractivity contribution in [3.05, 3.63) is 65.4 Å². The van der Waals surface area contributed by atoms with E-state index in [1.807, 2.05) is 24.3 Å². The smallest absolute Gasteiger partial charge is 0.260 e. The molecule has 162 valence electrons. The number of amides is 1. The maximum Gasteiger partial charge on any atom is 0.260 e. The predicted octanol–water partition coefficient (Wildman–Crippen LogP) is 3.68. The Morgan fingerprint density at radius 1 is 1.10 bits per heavy atom. The van der Waals surface area contributed by atoms with Crippen molar-refractivity contribution in [3.8, 4) is 22.1 Å². The molecule has 0 aliphatic carbocycles. The van der Waals surface area contributed by atoms with Gasteiger partial charge in [0.1, 0.15) is 22.3 Å². The van der Waals surface area contributed by atoms with Crippen LogP contribution in [0.3, 0.4) is 0 Å². The molecule has 0 bridgehead atoms. The highest BCUT2D eigenvalue weighted by Gasteiger charge is 2.22. The van der Waals surface area contributed by atoms with Gasteiger partial charge in [-0.25, -0.2) is 9.37 Å². The van der Waals surface area contributed by atoms with Crippen LogP contribution in [0.5, 0.6) is 11.5 Å². The molecule has 1 aliphatic rings. The number of halogens is 1. The second-order valence-corrected chi connectivity index (χ2v) is 8.13. The second-order valence-electron chi connectivity index (χ2n) is 7.28. The molecular weight excluding hydrogens is 417 g/mol. The topological polar surface area (TPSA) is 54.9 Å². The number of carbonyl (C=O) groups is 1. The van der Waals surface area contributed by atoms with Crippen molar-refractivity contribution in [1.82, 2.24) is 14.8 Å². The summed E-state index contributed by atoms with van der Waals surface area (Å²) in [7, 11) is 1.65. The molecule has 1 aromatic heterocycles. The van der Waals surface area contributed by atoms with Crippen molar-refractivity contribution in [2.75, 3.05) is 39.9 Å². The molecule has 0 N–H and O–H groups in total. The van der Waals surface area contributed by atoms with E-state index in [0.717, 1.165) is 41.6 Å². The Morgan fingerprint density at radius 3 is 2.58 bits per heavy atom. The summed E-state index contributed by atoms with van der Waals surface area (Å²) in [6.45, 7) is 3.51. The maximum absolute atomic E-state index is 13.2. The Labute approximate surface area is 184 Å². The third kappa shape index (κ3) is 5.59. The molecule has 0 spiro atoms. The fourth-order valence-corrected chi connectivity index (χ4v) is 4.24. The molecule has 1 aliphatic heterocycles. The molecule has 1 fully saturated rings. The SMILES string of the molecule is COc1ccc(-c2nc(CN3CCN(C(=O)COc4cccc(F)c4)CC3)cs2)cc1. The highest BCUT2D eigenvalue weighted by molar-refractivity contribution is 7.13. The van der Waals surface area contributed by atoms with Gasteiger partial charge >= 0.3 is 0 Å². The van der Waals surface area contributed by atoms with E-state index in [0.29, 0.717) is 18.8 Å². The Balaban J connectivity index is 1.24. The van der Waals surface area contributed by atoms with Gasteiger partial charge in [0, 0.05) is 49.7 Å². The highest BCUT2D eigenvalue weighted by Crippen LogP contribution is 2.26. The van der Waals surface area contributed by atoms with Gasteiger partial charge in [0.15, 0.2) is 6.61 Å². The fraction of sp³-hybridized carbons (Fsp3) is 0.304. The van der Waals surface area contributed by atoms with Crippen LogP contribution in [0, 0.1) is 5.82 Å². The molecule has 0 saturated carbocycles. The van der Waals surface area contributed by atoms with Crippen LogP contribution in [0.1, 0.15) is 5.69 Å². The van der Waals surface area contributed by atoms with Crippen LogP contribution < -0.4 is 9.47 Å². The molecule has 8 heteroatoms. The average Bonchev–Trinajstić information content (AvgIpc) is 3.26. The summed E-state index contributed by atoms with van der Waals surface area (Å²) in [5.74, 6) is 0.729. The van der Waals surface area contributed by atoms with Crippen molar-refractivity contribution in [2.45, 2.75) is 6.54 Å². The molecule has 0 unspecified atom stereocenters. The molecule has 2 aromatic carbocycles. The number of hydrogen-bond acceptors (Lipinski definition) is 6. The number of benzene rings is 2. The molecule has 31 heavy (non-hydrogen) atoms. The fourth-order valence-electron chi connectivity index (χ4n) is 3.42. The Morgan fingerprint density at radius 2 is 1.87 bits per heavy atom. The predicted molar refractivity (Wildman–Crippen MR) is 118 cm³/mol. The van der Waals surface area contributed by atoms with E-state index in [4.69, 9.17) is 14.5 Å². The minimum absolute atomic E-state index is 0.0826. The quantitative estimate of drug-likeness (QED) is 0.560. The van der Waals surface area contributed by atoms with Gasteiger partial charge in [0.05, 0.1) is 12.8 Å². The third-order valence-electron chi connectivity index (χ3n) is 5.16. The number of hydrogen-bond donors (Lipinski definition) is 0. The van der Waals surface area contributed by atoms with Gasteiger partial charge in [-0.1, -0.05) is 6.07 Å². The molecule has 0 atom stereocenters. The molecule has 3 aromatic rings. The van der Waals surface area contributed by atoms with Crippen LogP contribution in [-0.2, 0) is 11.3 Å². The molecule has 1 amide bonds. The maximum atomic E-state index is 13.2. The van der Waals surface area contributed by atoms with E-state index < -0.39 is 0 Å². The first-order valence-corrected chi connectivity index (χ1v) is 11.0. The van der Waals surface area contributed by atoms with Crippen LogP contribution in [0.2, 0.25) is 0 Å². The van der Waals surface area contributed by atoms with Gasteiger partial charge < -0.3 is 14.4 Å². The summed E-state index contributed by atoms with van der Waals surface area (Å²) in [5, 5.41) is 3.07. The number of ether oxygens (including phenoxy) is 2. The number of thiazole rings is 1. The highest BCUT2D eigenvalue weighted by atomic mass is 32.1. The van der Waals surface area contributed by atoms with E-state index in [2.05, 4.69) is 10.3 Å². The van der Waals surface area contributed by atoms with Gasteiger partial charge in [-0.15, -0.1) is 11.3 Å². The zero-order chi connectivity index (χ0) is 21.6. The zero-order valence-corrected chi connectivity index (χ0v) is 18.1. The molecule has 6 nitrogen and oxygen atoms in total. The number of piperazine rings is 1. The minimum atomic E-state index is -0.379. The second kappa shape index (κ2) is 9.89. The summed E-state index contributed by atoms with van der Waals surface area (Å²) in [6, 6.07) is 13.7. The standard InChI is InChI=1S/C23H24FN3O3S/c1-29-20-7-5-17(6-8-20)23-25-19(16-31-23)14-26-9-11-27(12-10-26)22(28)15-30-21-4-2-3-18(24)13-21/h2-8,13,16H,9-12,14-15H2,1H3. The van der Waals surface area contributed by atoms with Crippen LogP contribution >= 0.6 is 11.3 Å². The molecule has 4 rings (SSSR count). The number of nitrogens with zero attached hydrogens (tertiary/aromatic N) is 3. The molecule has 0 radical (unpaired) electrons. The lowest BCUT2D eigenvalue weighted by atomic mass is 10.2. The van der Waals surface area contributed by atoms with Gasteiger partial charge in [0.25, 0.3) is 5.91 Å². The van der Waals surface area contributed by atoms with Gasteiger partial charge in [-0.2, -0.15) is 0 Å². The summed E-state index contributed by atoms with van der Waals surface area (Å²) in [5.41, 5.74) is 2.11. The van der Waals surface area contributed by atoms with E-state index in [1.54, 1.807) is 35.5 Å². The first-order valence-electron chi connectivity index (χ1n) is 10.1. The molecule has 1 saturated heterocycles. The van der Waals surface area contributed by atoms with Crippen LogP contribution in [0.25, 0.3) is 10.6 Å². The summed E-state index contributed by atoms with van der Waals surface area (Å²) >= 11 is 1.63. The van der Waals surface area contributed by atoms with Crippen molar-refractivity contribution < 1.29 is 18.7 Å². The summed E-state index contributed by atoms with van der Waals surface area (Å²) in [4.78, 5) is 21.2. The Hall–Kier alpha value is -2.97. The largest absolute Gasteiger partial charge is 0.497 e. The number of methoxy groups -OCH3 is 1. The van der Waals surface area contributed by atoms with Crippen molar-refractivity contribution in [3.63, 3.8) is 0 Å². The van der Waals surface area contributed by atoms with Crippen LogP contribution in [0.4, 0.5) is 4.39 Å². The van der Waals surface area contributed by atoms with Crippen molar-refractivity contribution in [1.29, 1.82) is 0 Å². The third-order valence-corrected chi connectivity index (χ3v) is 6.10. The number of rotatable bonds is 7. The van der Waals surface area contributed by atoms with E-state index in [1.165, 1.54) is 12.1 Å². The van der Waals surface area contributed by atoms with Crippen LogP contribution in [0.15, 0.2) is 53.9 Å². The van der Waals surface area contributed by atoms with Gasteiger partial charge in [-0.3, -0.25) is 9.69 Å². The van der Waals surface area contributed by atoms with Gasteiger partial charge in [0.2, 0.25) is 0 Å². The lowest BCUT2D eigenvalue weighted by Gasteiger charge is -2.34. The normalized spacial score (nSPS) is 14.5. The number of carbonyl (C=O) groups excluding carboxylic acids is 1. The lowest BCUT2D eigenvalue weighted by Crippen LogP contribution is -2.49. The number of aromatic nitrogens is 1. The van der Waals surface area contributed by atoms with Crippen LogP contribution in [-0.4, -0.2) is 60.6 Å². The van der Waals surface area contributed by atoms with E-state index >= 15 is 0 Å². The Bertz CT molecular complexity index is 1020. The lowest BCUT2D eigenvalue weighted by molar-refractivity contribution is -0.135. The van der Waals surface area contributed by atoms with Gasteiger partial charge in [-0.05, 0) is 36.4 Å². The van der Waals surface area contributed by atoms with Crippen molar-refractivity contribution in [2.24, 2.45) is 0 Å². The van der Waals surface area contributed by atoms with E-state index in [9.17, 15) is 9.18 Å². The first kappa shape index (κ1) is 21.3. The summed E-state index contributed by atoms with van der Waals surface area (Å²) < 4.78 is 23.8. The average molecular weight is 442 g/mol.